The van der Waals surface area contributed by atoms with Crippen molar-refractivity contribution in [1.82, 2.24) is 0 Å². The second kappa shape index (κ2) is 2.45. The summed E-state index contributed by atoms with van der Waals surface area (Å²) >= 11 is 0. The zero-order valence-corrected chi connectivity index (χ0v) is 5.48. The van der Waals surface area contributed by atoms with E-state index in [2.05, 4.69) is 0 Å². The van der Waals surface area contributed by atoms with Gasteiger partial charge in [-0.2, -0.15) is 0 Å². The van der Waals surface area contributed by atoms with Crippen LogP contribution in [0.3, 0.4) is 0 Å². The largest absolute Gasteiger partial charge is 0.871 e. The molecule has 0 saturated heterocycles. The molecular formula is C6H5N2O3-. The number of anilines is 1. The van der Waals surface area contributed by atoms with Crippen molar-refractivity contribution in [2.24, 2.45) is 0 Å². The molecule has 0 unspecified atom stereocenters. The highest BCUT2D eigenvalue weighted by molar-refractivity contribution is 5.56. The number of hydrogen-bond donors (Lipinski definition) is 1. The number of hydrogen-bond acceptors (Lipinski definition) is 4. The highest BCUT2D eigenvalue weighted by Crippen LogP contribution is 2.21. The molecule has 0 atom stereocenters. The predicted octanol–water partition coefficient (Wildman–Crippen LogP) is 0.251. The van der Waals surface area contributed by atoms with Crippen molar-refractivity contribution in [2.75, 3.05) is 5.73 Å². The smallest absolute Gasteiger partial charge is 0.271 e. The summed E-state index contributed by atoms with van der Waals surface area (Å²) in [5.74, 6) is -0.393. The number of nitro groups is 1. The molecule has 5 heteroatoms. The zero-order chi connectivity index (χ0) is 8.43. The second-order valence-corrected chi connectivity index (χ2v) is 1.98. The van der Waals surface area contributed by atoms with Gasteiger partial charge < -0.3 is 10.8 Å². The Kier molecular flexibility index (Phi) is 1.63. The standard InChI is InChI=1S/C6H6N2O3/c7-5-3-4(8(10)11)1-2-6(5)9/h1-3,9H,7H2/p-1. The number of nitrogens with two attached hydrogens (primary N) is 1. The number of nitrogens with zero attached hydrogens (tertiary/aromatic N) is 1. The first-order chi connectivity index (χ1) is 5.11. The molecule has 0 aliphatic carbocycles. The van der Waals surface area contributed by atoms with Crippen molar-refractivity contribution in [3.05, 3.63) is 28.3 Å². The fourth-order valence-electron chi connectivity index (χ4n) is 0.649. The highest BCUT2D eigenvalue weighted by Gasteiger charge is 2.03. The molecule has 11 heavy (non-hydrogen) atoms. The van der Waals surface area contributed by atoms with Crippen LogP contribution in [-0.2, 0) is 0 Å². The van der Waals surface area contributed by atoms with E-state index in [1.54, 1.807) is 0 Å². The van der Waals surface area contributed by atoms with Crippen molar-refractivity contribution < 1.29 is 10.0 Å². The molecule has 5 nitrogen and oxygen atoms in total. The van der Waals surface area contributed by atoms with Crippen molar-refractivity contribution in [3.63, 3.8) is 0 Å². The summed E-state index contributed by atoms with van der Waals surface area (Å²) in [4.78, 5) is 9.51. The van der Waals surface area contributed by atoms with Crippen LogP contribution in [0.1, 0.15) is 0 Å². The van der Waals surface area contributed by atoms with Gasteiger partial charge in [0.1, 0.15) is 0 Å². The van der Waals surface area contributed by atoms with E-state index in [0.717, 1.165) is 18.2 Å². The van der Waals surface area contributed by atoms with Gasteiger partial charge in [0.05, 0.1) is 4.92 Å². The number of nitro benzene ring substituents is 1. The Morgan fingerprint density at radius 3 is 2.55 bits per heavy atom. The van der Waals surface area contributed by atoms with Crippen LogP contribution in [0.2, 0.25) is 0 Å². The van der Waals surface area contributed by atoms with Crippen LogP contribution < -0.4 is 10.8 Å². The summed E-state index contributed by atoms with van der Waals surface area (Å²) in [6.45, 7) is 0. The number of nitrogen functional groups attached to an aromatic ring is 1. The number of benzene rings is 1. The molecule has 0 aromatic heterocycles. The number of rotatable bonds is 1. The molecule has 1 rings (SSSR count). The molecule has 0 bridgehead atoms. The normalized spacial score (nSPS) is 9.45. The second-order valence-electron chi connectivity index (χ2n) is 1.98. The molecule has 1 aromatic rings. The molecule has 0 heterocycles. The predicted molar refractivity (Wildman–Crippen MR) is 37.0 cm³/mol. The van der Waals surface area contributed by atoms with Gasteiger partial charge in [-0.3, -0.25) is 10.1 Å². The van der Waals surface area contributed by atoms with E-state index < -0.39 is 10.7 Å². The van der Waals surface area contributed by atoms with Gasteiger partial charge in [-0.1, -0.05) is 11.8 Å². The molecule has 0 aliphatic heterocycles. The van der Waals surface area contributed by atoms with Crippen molar-refractivity contribution >= 4 is 11.4 Å². The Morgan fingerprint density at radius 2 is 2.09 bits per heavy atom. The van der Waals surface area contributed by atoms with Gasteiger partial charge in [-0.25, -0.2) is 0 Å². The Bertz CT molecular complexity index is 298. The SMILES string of the molecule is Nc1cc([N+](=O)[O-])ccc1[O-]. The maximum atomic E-state index is 10.6. The molecule has 58 valence electrons. The molecule has 2 N–H and O–H groups in total. The van der Waals surface area contributed by atoms with E-state index in [4.69, 9.17) is 5.73 Å². The first kappa shape index (κ1) is 7.33. The van der Waals surface area contributed by atoms with E-state index >= 15 is 0 Å². The van der Waals surface area contributed by atoms with Gasteiger partial charge in [-0.15, -0.1) is 0 Å². The lowest BCUT2D eigenvalue weighted by molar-refractivity contribution is -0.385. The topological polar surface area (TPSA) is 92.2 Å². The lowest BCUT2D eigenvalue weighted by Gasteiger charge is -2.06. The fourth-order valence-corrected chi connectivity index (χ4v) is 0.649. The van der Waals surface area contributed by atoms with Crippen LogP contribution in [0.4, 0.5) is 11.4 Å². The van der Waals surface area contributed by atoms with Crippen LogP contribution >= 0.6 is 0 Å². The molecular weight excluding hydrogens is 148 g/mol. The van der Waals surface area contributed by atoms with Crippen LogP contribution in [0.5, 0.6) is 5.75 Å². The molecule has 0 fully saturated rings. The lowest BCUT2D eigenvalue weighted by Crippen LogP contribution is -1.98. The third-order valence-corrected chi connectivity index (χ3v) is 1.20. The van der Waals surface area contributed by atoms with Gasteiger partial charge in [0.2, 0.25) is 0 Å². The van der Waals surface area contributed by atoms with E-state index in [9.17, 15) is 15.2 Å². The third kappa shape index (κ3) is 1.37. The summed E-state index contributed by atoms with van der Waals surface area (Å²) in [7, 11) is 0. The van der Waals surface area contributed by atoms with Crippen LogP contribution in [-0.4, -0.2) is 4.92 Å². The molecule has 0 radical (unpaired) electrons. The molecule has 0 spiro atoms. The molecule has 1 aromatic carbocycles. The Hall–Kier alpha value is -1.78. The lowest BCUT2D eigenvalue weighted by atomic mass is 10.2. The average molecular weight is 153 g/mol. The van der Waals surface area contributed by atoms with Gasteiger partial charge in [-0.05, 0) is 0 Å². The Morgan fingerprint density at radius 1 is 1.45 bits per heavy atom. The summed E-state index contributed by atoms with van der Waals surface area (Å²) in [6, 6.07) is 3.24. The van der Waals surface area contributed by atoms with Gasteiger partial charge >= 0.3 is 0 Å². The zero-order valence-electron chi connectivity index (χ0n) is 5.48. The van der Waals surface area contributed by atoms with Crippen molar-refractivity contribution in [3.8, 4) is 5.75 Å². The van der Waals surface area contributed by atoms with Gasteiger partial charge in [0, 0.05) is 17.8 Å². The van der Waals surface area contributed by atoms with Crippen molar-refractivity contribution in [1.29, 1.82) is 0 Å². The minimum atomic E-state index is -0.601. The van der Waals surface area contributed by atoms with Crippen molar-refractivity contribution in [2.45, 2.75) is 0 Å². The van der Waals surface area contributed by atoms with Crippen LogP contribution in [0, 0.1) is 10.1 Å². The first-order valence-corrected chi connectivity index (χ1v) is 2.82. The summed E-state index contributed by atoms with van der Waals surface area (Å²) in [5.41, 5.74) is 4.88. The third-order valence-electron chi connectivity index (χ3n) is 1.20. The maximum Gasteiger partial charge on any atom is 0.271 e. The Balaban J connectivity index is 3.15. The van der Waals surface area contributed by atoms with Crippen LogP contribution in [0.15, 0.2) is 18.2 Å². The Labute approximate surface area is 62.2 Å². The maximum absolute atomic E-state index is 10.6. The minimum absolute atomic E-state index is 0.0980. The van der Waals surface area contributed by atoms with Gasteiger partial charge in [0.15, 0.2) is 0 Å². The van der Waals surface area contributed by atoms with E-state index in [-0.39, 0.29) is 11.4 Å². The van der Waals surface area contributed by atoms with E-state index in [0.29, 0.717) is 0 Å². The highest BCUT2D eigenvalue weighted by atomic mass is 16.6. The first-order valence-electron chi connectivity index (χ1n) is 2.82. The molecule has 0 amide bonds. The quantitative estimate of drug-likeness (QED) is 0.355. The van der Waals surface area contributed by atoms with E-state index in [1.807, 2.05) is 0 Å². The van der Waals surface area contributed by atoms with E-state index in [1.165, 1.54) is 0 Å². The molecule has 0 saturated carbocycles. The monoisotopic (exact) mass is 153 g/mol. The fraction of sp³-hybridized carbons (Fsp3) is 0. The summed E-state index contributed by atoms with van der Waals surface area (Å²) < 4.78 is 0. The van der Waals surface area contributed by atoms with Gasteiger partial charge in [0.25, 0.3) is 5.69 Å². The minimum Gasteiger partial charge on any atom is -0.871 e. The molecule has 0 aliphatic rings. The van der Waals surface area contributed by atoms with Crippen LogP contribution in [0.25, 0.3) is 0 Å². The summed E-state index contributed by atoms with van der Waals surface area (Å²) in [6.07, 6.45) is 0. The number of non-ortho nitro benzene ring substituents is 1. The summed E-state index contributed by atoms with van der Waals surface area (Å²) in [5, 5.41) is 20.8. The average Bonchev–Trinajstić information content (AvgIpc) is 1.94.